The molecule has 26 heavy (non-hydrogen) atoms. The monoisotopic (exact) mass is 355 g/mol. The van der Waals surface area contributed by atoms with Gasteiger partial charge in [0.25, 0.3) is 5.91 Å². The van der Waals surface area contributed by atoms with Crippen molar-refractivity contribution in [1.82, 2.24) is 14.7 Å². The molecule has 6 heteroatoms. The molecular weight excluding hydrogens is 330 g/mol. The van der Waals surface area contributed by atoms with Crippen molar-refractivity contribution in [2.75, 3.05) is 19.7 Å². The lowest BCUT2D eigenvalue weighted by Gasteiger charge is -2.31. The second-order valence-corrected chi connectivity index (χ2v) is 6.64. The highest BCUT2D eigenvalue weighted by Crippen LogP contribution is 2.24. The molecule has 2 heterocycles. The zero-order valence-corrected chi connectivity index (χ0v) is 15.6. The van der Waals surface area contributed by atoms with Gasteiger partial charge in [-0.3, -0.25) is 9.59 Å². The number of rotatable bonds is 4. The third kappa shape index (κ3) is 3.49. The summed E-state index contributed by atoms with van der Waals surface area (Å²) in [6.07, 6.45) is 1.57. The zero-order valence-electron chi connectivity index (χ0n) is 15.6. The average Bonchev–Trinajstić information content (AvgIpc) is 2.96. The third-order valence-electron chi connectivity index (χ3n) is 4.83. The van der Waals surface area contributed by atoms with Crippen LogP contribution in [-0.2, 0) is 9.53 Å². The van der Waals surface area contributed by atoms with E-state index in [0.717, 1.165) is 24.2 Å². The Kier molecular flexibility index (Phi) is 5.40. The molecule has 0 unspecified atom stereocenters. The first kappa shape index (κ1) is 18.2. The molecule has 0 aliphatic carbocycles. The summed E-state index contributed by atoms with van der Waals surface area (Å²) in [5.41, 5.74) is 3.07. The van der Waals surface area contributed by atoms with Gasteiger partial charge in [0, 0.05) is 13.1 Å². The zero-order chi connectivity index (χ0) is 18.7. The average molecular weight is 355 g/mol. The second kappa shape index (κ2) is 7.72. The van der Waals surface area contributed by atoms with Crippen molar-refractivity contribution in [3.05, 3.63) is 47.3 Å². The van der Waals surface area contributed by atoms with Gasteiger partial charge in [0.2, 0.25) is 0 Å². The Morgan fingerprint density at radius 1 is 1.23 bits per heavy atom. The van der Waals surface area contributed by atoms with Crippen LogP contribution in [0.25, 0.3) is 5.69 Å². The SMILES string of the molecule is CCOC(=O)[C@@H]1CCCN(C(=O)c2c(C)nn(-c3ccccc3)c2C)C1. The van der Waals surface area contributed by atoms with Crippen LogP contribution in [0.4, 0.5) is 0 Å². The van der Waals surface area contributed by atoms with E-state index in [2.05, 4.69) is 5.10 Å². The first-order chi connectivity index (χ1) is 12.5. The lowest BCUT2D eigenvalue weighted by molar-refractivity contribution is -0.149. The Morgan fingerprint density at radius 3 is 2.65 bits per heavy atom. The molecule has 1 atom stereocenters. The van der Waals surface area contributed by atoms with Crippen LogP contribution in [0.3, 0.4) is 0 Å². The quantitative estimate of drug-likeness (QED) is 0.791. The van der Waals surface area contributed by atoms with Crippen molar-refractivity contribution >= 4 is 11.9 Å². The number of aromatic nitrogens is 2. The number of carbonyl (C=O) groups is 2. The summed E-state index contributed by atoms with van der Waals surface area (Å²) in [5.74, 6) is -0.507. The maximum atomic E-state index is 13.1. The number of amides is 1. The molecule has 1 aromatic carbocycles. The van der Waals surface area contributed by atoms with Gasteiger partial charge in [-0.15, -0.1) is 0 Å². The van der Waals surface area contributed by atoms with Crippen molar-refractivity contribution < 1.29 is 14.3 Å². The van der Waals surface area contributed by atoms with E-state index >= 15 is 0 Å². The minimum Gasteiger partial charge on any atom is -0.466 e. The normalized spacial score (nSPS) is 17.2. The number of carbonyl (C=O) groups excluding carboxylic acids is 2. The molecule has 1 fully saturated rings. The van der Waals surface area contributed by atoms with Crippen LogP contribution in [-0.4, -0.2) is 46.3 Å². The van der Waals surface area contributed by atoms with E-state index in [-0.39, 0.29) is 17.8 Å². The number of benzene rings is 1. The van der Waals surface area contributed by atoms with Gasteiger partial charge in [-0.1, -0.05) is 18.2 Å². The van der Waals surface area contributed by atoms with Gasteiger partial charge < -0.3 is 9.64 Å². The minimum atomic E-state index is -0.238. The van der Waals surface area contributed by atoms with Crippen LogP contribution in [0.15, 0.2) is 30.3 Å². The van der Waals surface area contributed by atoms with Gasteiger partial charge in [-0.25, -0.2) is 4.68 Å². The molecule has 1 amide bonds. The summed E-state index contributed by atoms with van der Waals surface area (Å²) in [7, 11) is 0. The van der Waals surface area contributed by atoms with Crippen LogP contribution in [0.5, 0.6) is 0 Å². The molecule has 1 aromatic heterocycles. The molecule has 0 spiro atoms. The van der Waals surface area contributed by atoms with Gasteiger partial charge in [-0.05, 0) is 45.7 Å². The molecule has 1 aliphatic heterocycles. The maximum absolute atomic E-state index is 13.1. The summed E-state index contributed by atoms with van der Waals surface area (Å²) in [4.78, 5) is 26.9. The Morgan fingerprint density at radius 2 is 1.96 bits per heavy atom. The fourth-order valence-corrected chi connectivity index (χ4v) is 3.55. The van der Waals surface area contributed by atoms with Gasteiger partial charge in [0.05, 0.1) is 35.2 Å². The van der Waals surface area contributed by atoms with Crippen molar-refractivity contribution in [3.8, 4) is 5.69 Å². The first-order valence-corrected chi connectivity index (χ1v) is 9.10. The fourth-order valence-electron chi connectivity index (χ4n) is 3.55. The first-order valence-electron chi connectivity index (χ1n) is 9.10. The molecule has 1 saturated heterocycles. The summed E-state index contributed by atoms with van der Waals surface area (Å²) < 4.78 is 6.93. The summed E-state index contributed by atoms with van der Waals surface area (Å²) in [5, 5.41) is 4.56. The number of nitrogens with zero attached hydrogens (tertiary/aromatic N) is 3. The van der Waals surface area contributed by atoms with Crippen LogP contribution in [0.1, 0.15) is 41.5 Å². The number of hydrogen-bond acceptors (Lipinski definition) is 4. The van der Waals surface area contributed by atoms with Gasteiger partial charge in [0.15, 0.2) is 0 Å². The van der Waals surface area contributed by atoms with E-state index in [0.29, 0.717) is 31.0 Å². The predicted octanol–water partition coefficient (Wildman–Crippen LogP) is 2.90. The summed E-state index contributed by atoms with van der Waals surface area (Å²) in [6, 6.07) is 9.77. The van der Waals surface area contributed by atoms with E-state index in [1.807, 2.05) is 44.2 Å². The number of esters is 1. The fraction of sp³-hybridized carbons (Fsp3) is 0.450. The largest absolute Gasteiger partial charge is 0.466 e. The van der Waals surface area contributed by atoms with E-state index in [4.69, 9.17) is 4.74 Å². The number of piperidine rings is 1. The molecule has 2 aromatic rings. The third-order valence-corrected chi connectivity index (χ3v) is 4.83. The van der Waals surface area contributed by atoms with Crippen LogP contribution in [0, 0.1) is 19.8 Å². The lowest BCUT2D eigenvalue weighted by Crippen LogP contribution is -2.43. The standard InChI is InChI=1S/C20H25N3O3/c1-4-26-20(25)16-9-8-12-22(13-16)19(24)18-14(2)21-23(15(18)3)17-10-6-5-7-11-17/h5-7,10-11,16H,4,8-9,12-13H2,1-3H3/t16-/m1/s1. The molecule has 0 saturated carbocycles. The van der Waals surface area contributed by atoms with Crippen molar-refractivity contribution in [2.24, 2.45) is 5.92 Å². The van der Waals surface area contributed by atoms with E-state index < -0.39 is 0 Å². The summed E-state index contributed by atoms with van der Waals surface area (Å²) >= 11 is 0. The topological polar surface area (TPSA) is 64.4 Å². The van der Waals surface area contributed by atoms with Crippen molar-refractivity contribution in [2.45, 2.75) is 33.6 Å². The van der Waals surface area contributed by atoms with Gasteiger partial charge in [0.1, 0.15) is 0 Å². The summed E-state index contributed by atoms with van der Waals surface area (Å²) in [6.45, 7) is 7.00. The molecule has 0 N–H and O–H groups in total. The van der Waals surface area contributed by atoms with E-state index in [1.165, 1.54) is 0 Å². The molecule has 0 radical (unpaired) electrons. The van der Waals surface area contributed by atoms with Crippen LogP contribution >= 0.6 is 0 Å². The van der Waals surface area contributed by atoms with Crippen molar-refractivity contribution in [3.63, 3.8) is 0 Å². The lowest BCUT2D eigenvalue weighted by atomic mass is 9.97. The number of hydrogen-bond donors (Lipinski definition) is 0. The highest BCUT2D eigenvalue weighted by Gasteiger charge is 2.32. The van der Waals surface area contributed by atoms with E-state index in [1.54, 1.807) is 16.5 Å². The Bertz CT molecular complexity index is 798. The number of likely N-dealkylation sites (tertiary alicyclic amines) is 1. The highest BCUT2D eigenvalue weighted by molar-refractivity contribution is 5.97. The number of ether oxygens (including phenoxy) is 1. The number of aryl methyl sites for hydroxylation is 1. The predicted molar refractivity (Wildman–Crippen MR) is 98.3 cm³/mol. The Balaban J connectivity index is 1.84. The highest BCUT2D eigenvalue weighted by atomic mass is 16.5. The van der Waals surface area contributed by atoms with Crippen molar-refractivity contribution in [1.29, 1.82) is 0 Å². The Hall–Kier alpha value is -2.63. The van der Waals surface area contributed by atoms with Gasteiger partial charge >= 0.3 is 5.97 Å². The molecule has 6 nitrogen and oxygen atoms in total. The Labute approximate surface area is 153 Å². The molecule has 3 rings (SSSR count). The smallest absolute Gasteiger partial charge is 0.310 e. The maximum Gasteiger partial charge on any atom is 0.310 e. The van der Waals surface area contributed by atoms with Gasteiger partial charge in [-0.2, -0.15) is 5.10 Å². The van der Waals surface area contributed by atoms with Crippen LogP contribution in [0.2, 0.25) is 0 Å². The molecule has 0 bridgehead atoms. The minimum absolute atomic E-state index is 0.0591. The number of para-hydroxylation sites is 1. The molecule has 1 aliphatic rings. The molecule has 138 valence electrons. The van der Waals surface area contributed by atoms with E-state index in [9.17, 15) is 9.59 Å². The molecular formula is C20H25N3O3. The second-order valence-electron chi connectivity index (χ2n) is 6.64. The van der Waals surface area contributed by atoms with Crippen LogP contribution < -0.4 is 0 Å².